The van der Waals surface area contributed by atoms with Crippen LogP contribution in [0.1, 0.15) is 99.8 Å². The maximum absolute atomic E-state index is 13.8. The maximum atomic E-state index is 13.8. The molecule has 2 saturated heterocycles. The third kappa shape index (κ3) is 20.7. The number of ether oxygens (including phenoxy) is 4. The Morgan fingerprint density at radius 1 is 0.681 bits per heavy atom. The third-order valence-corrected chi connectivity index (χ3v) is 12.5. The molecule has 0 aromatic carbocycles. The summed E-state index contributed by atoms with van der Waals surface area (Å²) in [5.74, 6) is -5.57. The smallest absolute Gasteiger partial charge is 0.308 e. The summed E-state index contributed by atoms with van der Waals surface area (Å²) in [5.41, 5.74) is 5.37. The first-order chi connectivity index (χ1) is 32.3. The summed E-state index contributed by atoms with van der Waals surface area (Å²) < 4.78 is 23.7. The van der Waals surface area contributed by atoms with Gasteiger partial charge in [-0.3, -0.25) is 9.59 Å². The molecule has 69 heavy (non-hydrogen) atoms. The van der Waals surface area contributed by atoms with Crippen LogP contribution < -0.4 is 11.1 Å². The van der Waals surface area contributed by atoms with Gasteiger partial charge >= 0.3 is 5.97 Å². The number of cyclic esters (lactones) is 1. The van der Waals surface area contributed by atoms with Gasteiger partial charge in [-0.1, -0.05) is 98.9 Å². The minimum absolute atomic E-state index is 0.0918. The van der Waals surface area contributed by atoms with E-state index in [4.69, 9.17) is 24.7 Å². The Balaban J connectivity index is 1.93. The summed E-state index contributed by atoms with van der Waals surface area (Å²) >= 11 is 0. The topological polar surface area (TPSA) is 311 Å². The third-order valence-electron chi connectivity index (χ3n) is 12.5. The predicted molar refractivity (Wildman–Crippen MR) is 257 cm³/mol. The number of amides is 1. The van der Waals surface area contributed by atoms with E-state index in [0.717, 1.165) is 0 Å². The fourth-order valence-corrected chi connectivity index (χ4v) is 8.44. The highest BCUT2D eigenvalue weighted by molar-refractivity contribution is 5.80. The number of esters is 1. The second-order valence-corrected chi connectivity index (χ2v) is 20.0. The molecule has 19 atom stereocenters. The van der Waals surface area contributed by atoms with Gasteiger partial charge in [-0.15, -0.1) is 0 Å². The molecule has 13 N–H and O–H groups in total. The second-order valence-electron chi connectivity index (χ2n) is 20.0. The number of nitrogens with one attached hydrogen (secondary N) is 1. The van der Waals surface area contributed by atoms with E-state index in [-0.39, 0.29) is 31.6 Å². The first-order valence-electron chi connectivity index (χ1n) is 24.1. The lowest BCUT2D eigenvalue weighted by Crippen LogP contribution is -2.62. The van der Waals surface area contributed by atoms with E-state index in [2.05, 4.69) is 5.32 Å². The molecule has 2 bridgehead atoms. The summed E-state index contributed by atoms with van der Waals surface area (Å²) in [5, 5.41) is 113. The van der Waals surface area contributed by atoms with Crippen LogP contribution in [0, 0.1) is 17.8 Å². The summed E-state index contributed by atoms with van der Waals surface area (Å²) in [6.45, 7) is 12.1. The van der Waals surface area contributed by atoms with Crippen LogP contribution in [0.25, 0.3) is 0 Å². The zero-order valence-electron chi connectivity index (χ0n) is 41.1. The minimum Gasteiger partial charge on any atom is -0.462 e. The molecule has 18 heteroatoms. The number of aliphatic hydroxyl groups is 10. The van der Waals surface area contributed by atoms with Crippen LogP contribution in [0.15, 0.2) is 85.1 Å². The van der Waals surface area contributed by atoms with Crippen molar-refractivity contribution in [3.05, 3.63) is 85.1 Å². The Morgan fingerprint density at radius 2 is 1.25 bits per heavy atom. The molecule has 0 radical (unpaired) electrons. The van der Waals surface area contributed by atoms with E-state index in [0.29, 0.717) is 0 Å². The lowest BCUT2D eigenvalue weighted by Gasteiger charge is -2.46. The second kappa shape index (κ2) is 28.6. The van der Waals surface area contributed by atoms with Gasteiger partial charge in [0.15, 0.2) is 12.1 Å². The lowest BCUT2D eigenvalue weighted by molar-refractivity contribution is -0.307. The Labute approximate surface area is 407 Å². The highest BCUT2D eigenvalue weighted by atomic mass is 16.7. The number of allylic oxidation sites excluding steroid dienone is 12. The molecule has 392 valence electrons. The van der Waals surface area contributed by atoms with Crippen molar-refractivity contribution in [1.29, 1.82) is 0 Å². The SMILES string of the molecule is C[C@@H]1[C@H](O)[C@@H](C)/C=C/C=C/C=C/C=C/C=C/C=C/C=C/[C@H](O[C@@H]2O[C@H](C)[C@@H](O)[C@H](N)[C@@H]2O)C[C@@H]2O[C@](O)(C[C@@H](O)C[C@@H](O)[C@H](O)CC[C@@H](O)C[C@@H](O)CC(=O)O[C@H]1C)C[C@H](O)[C@H]2C(=O)NC(C)(C)C. The Kier molecular flexibility index (Phi) is 24.8. The largest absolute Gasteiger partial charge is 0.462 e. The highest BCUT2D eigenvalue weighted by Crippen LogP contribution is 2.38. The lowest BCUT2D eigenvalue weighted by atomic mass is 9.81. The highest BCUT2D eigenvalue weighted by Gasteiger charge is 2.51. The van der Waals surface area contributed by atoms with E-state index >= 15 is 0 Å². The van der Waals surface area contributed by atoms with Gasteiger partial charge in [-0.05, 0) is 53.9 Å². The molecular formula is C51H82N2O16. The quantitative estimate of drug-likeness (QED) is 0.179. The number of carbonyl (C=O) groups is 2. The fraction of sp³-hybridized carbons (Fsp3) is 0.686. The van der Waals surface area contributed by atoms with Crippen LogP contribution in [-0.4, -0.2) is 166 Å². The minimum atomic E-state index is -2.26. The van der Waals surface area contributed by atoms with Crippen molar-refractivity contribution in [2.24, 2.45) is 23.5 Å². The summed E-state index contributed by atoms with van der Waals surface area (Å²) in [6.07, 6.45) is 4.87. The van der Waals surface area contributed by atoms with Crippen LogP contribution in [0.3, 0.4) is 0 Å². The molecule has 0 aromatic rings. The van der Waals surface area contributed by atoms with Gasteiger partial charge in [0.05, 0.1) is 85.5 Å². The van der Waals surface area contributed by atoms with Gasteiger partial charge in [0.1, 0.15) is 12.2 Å². The Morgan fingerprint density at radius 3 is 1.83 bits per heavy atom. The van der Waals surface area contributed by atoms with Crippen molar-refractivity contribution in [2.75, 3.05) is 0 Å². The van der Waals surface area contributed by atoms with Crippen LogP contribution in [0.2, 0.25) is 0 Å². The van der Waals surface area contributed by atoms with E-state index in [1.807, 2.05) is 49.5 Å². The van der Waals surface area contributed by atoms with Crippen LogP contribution >= 0.6 is 0 Å². The van der Waals surface area contributed by atoms with Crippen molar-refractivity contribution in [3.63, 3.8) is 0 Å². The molecular weight excluding hydrogens is 897 g/mol. The normalized spacial score (nSPS) is 43.8. The van der Waals surface area contributed by atoms with E-state index < -0.39 is 152 Å². The summed E-state index contributed by atoms with van der Waals surface area (Å²) in [6, 6.07) is -1.13. The fourth-order valence-electron chi connectivity index (χ4n) is 8.44. The van der Waals surface area contributed by atoms with Crippen LogP contribution in [-0.2, 0) is 28.5 Å². The number of fused-ring (bicyclic) bond motifs is 2. The molecule has 3 aliphatic heterocycles. The summed E-state index contributed by atoms with van der Waals surface area (Å²) in [4.78, 5) is 26.5. The summed E-state index contributed by atoms with van der Waals surface area (Å²) in [7, 11) is 0. The van der Waals surface area contributed by atoms with E-state index in [1.165, 1.54) is 0 Å². The van der Waals surface area contributed by atoms with Crippen molar-refractivity contribution in [1.82, 2.24) is 5.32 Å². The Hall–Kier alpha value is -3.44. The molecule has 2 fully saturated rings. The van der Waals surface area contributed by atoms with E-state index in [1.54, 1.807) is 84.1 Å². The predicted octanol–water partition coefficient (Wildman–Crippen LogP) is 1.54. The molecule has 3 aliphatic rings. The van der Waals surface area contributed by atoms with Crippen molar-refractivity contribution in [3.8, 4) is 0 Å². The molecule has 0 aromatic heterocycles. The van der Waals surface area contributed by atoms with Crippen molar-refractivity contribution < 1.29 is 79.6 Å². The Bertz CT molecular complexity index is 1780. The van der Waals surface area contributed by atoms with Gasteiger partial charge in [0, 0.05) is 43.1 Å². The molecule has 0 unspecified atom stereocenters. The van der Waals surface area contributed by atoms with Crippen LogP contribution in [0.5, 0.6) is 0 Å². The molecule has 0 saturated carbocycles. The maximum Gasteiger partial charge on any atom is 0.308 e. The van der Waals surface area contributed by atoms with Gasteiger partial charge < -0.3 is 81.1 Å². The zero-order chi connectivity index (χ0) is 51.6. The molecule has 0 spiro atoms. The van der Waals surface area contributed by atoms with Crippen LogP contribution in [0.4, 0.5) is 0 Å². The first-order valence-corrected chi connectivity index (χ1v) is 24.1. The van der Waals surface area contributed by atoms with Crippen molar-refractivity contribution >= 4 is 11.9 Å². The monoisotopic (exact) mass is 979 g/mol. The zero-order valence-corrected chi connectivity index (χ0v) is 41.1. The van der Waals surface area contributed by atoms with Gasteiger partial charge in [0.2, 0.25) is 5.91 Å². The molecule has 3 rings (SSSR count). The molecule has 18 nitrogen and oxygen atoms in total. The standard InChI is InChI=1S/C51H82N2O16/c1-30-20-18-16-14-12-10-8-9-11-13-15-17-19-21-37(68-49-47(63)44(52)46(62)33(4)67-49)27-41-43(48(64)53-50(5,6)7)40(59)29-51(65,69-41)28-36(56)25-39(58)38(57)23-22-34(54)24-35(55)26-42(60)66-32(3)31(2)45(30)61/h8-21,30-41,43-47,49,54-59,61-63,65H,22-29,52H2,1-7H3,(H,53,64)/b9-8+,12-10+,13-11+,16-14+,17-15+,20-18+,21-19+/t30-,31-,32-,33+,34+,35+,36-,37-,38+,39+,40-,41-,43+,44-,45+,46+,47-,49-,51+/m0/s1. The number of nitrogens with two attached hydrogens (primary N) is 1. The number of carbonyl (C=O) groups excluding carboxylic acids is 2. The van der Waals surface area contributed by atoms with Crippen molar-refractivity contribution in [2.45, 2.75) is 203 Å². The van der Waals surface area contributed by atoms with Gasteiger partial charge in [-0.25, -0.2) is 0 Å². The number of aliphatic hydroxyl groups excluding tert-OH is 9. The molecule has 1 amide bonds. The average Bonchev–Trinajstić information content (AvgIpc) is 3.24. The number of hydrogen-bond donors (Lipinski definition) is 12. The van der Waals surface area contributed by atoms with E-state index in [9.17, 15) is 60.7 Å². The van der Waals surface area contributed by atoms with Gasteiger partial charge in [-0.2, -0.15) is 0 Å². The first kappa shape index (κ1) is 59.9. The van der Waals surface area contributed by atoms with Gasteiger partial charge in [0.25, 0.3) is 0 Å². The number of rotatable bonds is 3. The molecule has 0 aliphatic carbocycles. The average molecular weight is 979 g/mol. The molecule has 3 heterocycles. The number of hydrogen-bond acceptors (Lipinski definition) is 17.